The fourth-order valence-corrected chi connectivity index (χ4v) is 7.18. The summed E-state index contributed by atoms with van der Waals surface area (Å²) in [5, 5.41) is 110. The highest BCUT2D eigenvalue weighted by molar-refractivity contribution is 5.94. The average Bonchev–Trinajstić information content (AvgIpc) is 3.21. The molecule has 0 saturated carbocycles. The average molecular weight is 891 g/mol. The van der Waals surface area contributed by atoms with Gasteiger partial charge in [0.25, 0.3) is 0 Å². The number of rotatable bonds is 14. The van der Waals surface area contributed by atoms with Gasteiger partial charge in [0.15, 0.2) is 25.2 Å². The summed E-state index contributed by atoms with van der Waals surface area (Å²) in [7, 11) is 0. The summed E-state index contributed by atoms with van der Waals surface area (Å²) in [6.45, 7) is 1.79. The Morgan fingerprint density at radius 2 is 1.15 bits per heavy atom. The Kier molecular flexibility index (Phi) is 16.8. The number of benzene rings is 1. The molecule has 348 valence electrons. The van der Waals surface area contributed by atoms with Gasteiger partial charge in [-0.1, -0.05) is 12.1 Å². The molecule has 4 heterocycles. The maximum absolute atomic E-state index is 12.7. The van der Waals surface area contributed by atoms with Crippen molar-refractivity contribution >= 4 is 17.5 Å². The lowest BCUT2D eigenvalue weighted by molar-refractivity contribution is -0.392. The molecule has 4 aliphatic heterocycles. The van der Waals surface area contributed by atoms with Gasteiger partial charge >= 0.3 is 12.1 Å². The van der Waals surface area contributed by atoms with Crippen LogP contribution in [0.2, 0.25) is 0 Å². The lowest BCUT2D eigenvalue weighted by atomic mass is 9.94. The lowest BCUT2D eigenvalue weighted by Crippen LogP contribution is -2.70. The number of amides is 2. The van der Waals surface area contributed by atoms with Crippen LogP contribution in [0.4, 0.5) is 18.9 Å². The van der Waals surface area contributed by atoms with E-state index >= 15 is 0 Å². The molecule has 0 aliphatic carbocycles. The second-order valence-corrected chi connectivity index (χ2v) is 15.1. The zero-order valence-corrected chi connectivity index (χ0v) is 32.9. The molecule has 5 rings (SSSR count). The number of carbonyl (C=O) groups excluding carboxylic acids is 2. The molecule has 0 radical (unpaired) electrons. The molecule has 4 aliphatic rings. The van der Waals surface area contributed by atoms with Gasteiger partial charge in [-0.3, -0.25) is 9.59 Å². The van der Waals surface area contributed by atoms with Crippen LogP contribution in [0.3, 0.4) is 0 Å². The smallest absolute Gasteiger partial charge is 0.394 e. The monoisotopic (exact) mass is 890 g/mol. The predicted octanol–water partition coefficient (Wildman–Crippen LogP) is -4.78. The Hall–Kier alpha value is -2.77. The third-order valence-corrected chi connectivity index (χ3v) is 10.7. The van der Waals surface area contributed by atoms with Gasteiger partial charge in [0.1, 0.15) is 85.4 Å². The molecule has 0 aromatic heterocycles. The molecule has 0 unspecified atom stereocenters. The minimum Gasteiger partial charge on any atom is -0.394 e. The molecular weight excluding hydrogens is 837 g/mol. The van der Waals surface area contributed by atoms with Crippen LogP contribution < -0.4 is 10.6 Å². The molecule has 0 bridgehead atoms. The molecule has 1 aromatic carbocycles. The number of carbonyl (C=O) groups is 2. The second kappa shape index (κ2) is 20.8. The fraction of sp³-hybridized carbons (Fsp3) is 0.778. The van der Waals surface area contributed by atoms with Crippen LogP contribution in [0.5, 0.6) is 0 Å². The molecule has 12 N–H and O–H groups in total. The van der Waals surface area contributed by atoms with E-state index in [1.54, 1.807) is 5.32 Å². The van der Waals surface area contributed by atoms with Crippen LogP contribution in [0, 0.1) is 0 Å². The van der Waals surface area contributed by atoms with Gasteiger partial charge in [-0.25, -0.2) is 0 Å². The Balaban J connectivity index is 1.44. The van der Waals surface area contributed by atoms with E-state index in [2.05, 4.69) is 5.32 Å². The highest BCUT2D eigenvalue weighted by Crippen LogP contribution is 2.36. The van der Waals surface area contributed by atoms with Crippen molar-refractivity contribution < 1.29 is 112 Å². The Morgan fingerprint density at radius 3 is 1.66 bits per heavy atom. The summed E-state index contributed by atoms with van der Waals surface area (Å²) in [6.07, 6.45) is -37.1. The Bertz CT molecular complexity index is 1590. The van der Waals surface area contributed by atoms with E-state index in [4.69, 9.17) is 37.9 Å². The molecule has 20 atom stereocenters. The zero-order chi connectivity index (χ0) is 45.1. The summed E-state index contributed by atoms with van der Waals surface area (Å²) in [6, 6.07) is 3.78. The molecule has 25 heteroatoms. The number of halogens is 3. The van der Waals surface area contributed by atoms with Crippen LogP contribution >= 0.6 is 0 Å². The van der Waals surface area contributed by atoms with Crippen molar-refractivity contribution in [2.24, 2.45) is 0 Å². The van der Waals surface area contributed by atoms with Gasteiger partial charge in [0.2, 0.25) is 5.91 Å². The maximum Gasteiger partial charge on any atom is 0.471 e. The number of hydrogen-bond donors (Lipinski definition) is 12. The number of nitrogens with one attached hydrogen (secondary N) is 2. The van der Waals surface area contributed by atoms with Crippen LogP contribution in [-0.2, 0) is 53.9 Å². The summed E-state index contributed by atoms with van der Waals surface area (Å²) in [5.74, 6) is -2.88. The number of ether oxygens (including phenoxy) is 8. The van der Waals surface area contributed by atoms with E-state index in [1.807, 2.05) is 0 Å². The van der Waals surface area contributed by atoms with Gasteiger partial charge in [0.05, 0.1) is 32.0 Å². The van der Waals surface area contributed by atoms with E-state index in [9.17, 15) is 73.8 Å². The topological polar surface area (TPSA) is 334 Å². The summed E-state index contributed by atoms with van der Waals surface area (Å²) in [5.41, 5.74) is 0.368. The largest absolute Gasteiger partial charge is 0.471 e. The zero-order valence-electron chi connectivity index (χ0n) is 32.9. The van der Waals surface area contributed by atoms with E-state index in [1.165, 1.54) is 38.1 Å². The second-order valence-electron chi connectivity index (χ2n) is 15.1. The van der Waals surface area contributed by atoms with E-state index in [-0.39, 0.29) is 18.7 Å². The Labute approximate surface area is 345 Å². The van der Waals surface area contributed by atoms with Crippen LogP contribution in [-0.4, -0.2) is 212 Å². The molecule has 22 nitrogen and oxygen atoms in total. The third-order valence-electron chi connectivity index (χ3n) is 10.7. The molecule has 4 fully saturated rings. The van der Waals surface area contributed by atoms with E-state index < -0.39 is 154 Å². The van der Waals surface area contributed by atoms with Crippen LogP contribution in [0.1, 0.15) is 26.3 Å². The van der Waals surface area contributed by atoms with E-state index in [0.29, 0.717) is 5.56 Å². The first kappa shape index (κ1) is 49.2. The first-order valence-electron chi connectivity index (χ1n) is 19.3. The first-order chi connectivity index (χ1) is 28.7. The van der Waals surface area contributed by atoms with Gasteiger partial charge < -0.3 is 99.6 Å². The maximum atomic E-state index is 12.7. The van der Waals surface area contributed by atoms with Crippen molar-refractivity contribution in [3.05, 3.63) is 29.8 Å². The van der Waals surface area contributed by atoms with Gasteiger partial charge in [-0.05, 0) is 38.0 Å². The van der Waals surface area contributed by atoms with Crippen molar-refractivity contribution in [2.45, 2.75) is 156 Å². The van der Waals surface area contributed by atoms with Crippen molar-refractivity contribution in [3.63, 3.8) is 0 Å². The number of alkyl halides is 3. The standard InChI is InChI=1S/C36H53F3N2O20/c1-12-20(45)23(48)26(51)32(55-12)60-29-19(40-14(3)44)31(54-9-8-15-4-6-16(7-5-15)41-35(53)36(37,38)39)58-18(11-43)28(29)59-34-30(25(50)22(47)17(10-42)57-34)61-33-27(52)24(49)21(46)13(2)56-33/h4-7,12-13,17-34,42-43,45-52H,8-11H2,1-3H3,(H,40,44)(H,41,53)/t12-,13-,17+,18+,19+,20+,21+,22-,23+,24+,25-,26-,27-,28+,29+,30+,31+,32-,33-,34-/m0/s1. The minimum atomic E-state index is -5.11. The number of aliphatic hydroxyl groups is 10. The number of anilines is 1. The first-order valence-corrected chi connectivity index (χ1v) is 19.3. The molecule has 2 amide bonds. The fourth-order valence-electron chi connectivity index (χ4n) is 7.18. The number of hydrogen-bond acceptors (Lipinski definition) is 20. The van der Waals surface area contributed by atoms with Crippen LogP contribution in [0.25, 0.3) is 0 Å². The summed E-state index contributed by atoms with van der Waals surface area (Å²) < 4.78 is 85.4. The van der Waals surface area contributed by atoms with Gasteiger partial charge in [-0.15, -0.1) is 0 Å². The summed E-state index contributed by atoms with van der Waals surface area (Å²) >= 11 is 0. The van der Waals surface area contributed by atoms with Crippen molar-refractivity contribution in [2.75, 3.05) is 25.1 Å². The van der Waals surface area contributed by atoms with Crippen molar-refractivity contribution in [1.82, 2.24) is 5.32 Å². The Morgan fingerprint density at radius 1 is 0.639 bits per heavy atom. The van der Waals surface area contributed by atoms with E-state index in [0.717, 1.165) is 6.92 Å². The van der Waals surface area contributed by atoms with Crippen LogP contribution in [0.15, 0.2) is 24.3 Å². The quantitative estimate of drug-likeness (QED) is 0.0834. The minimum absolute atomic E-state index is 0.0680. The van der Waals surface area contributed by atoms with Gasteiger partial charge in [0, 0.05) is 12.6 Å². The normalized spacial score (nSPS) is 42.2. The summed E-state index contributed by atoms with van der Waals surface area (Å²) in [4.78, 5) is 24.0. The van der Waals surface area contributed by atoms with Crippen molar-refractivity contribution in [1.29, 1.82) is 0 Å². The lowest BCUT2D eigenvalue weighted by Gasteiger charge is -2.51. The predicted molar refractivity (Wildman–Crippen MR) is 191 cm³/mol. The van der Waals surface area contributed by atoms with Gasteiger partial charge in [-0.2, -0.15) is 13.2 Å². The molecular formula is C36H53F3N2O20. The van der Waals surface area contributed by atoms with Crippen molar-refractivity contribution in [3.8, 4) is 0 Å². The SMILES string of the molecule is CC(=O)N[C@H]1[C@H](OCCc2ccc(NC(=O)C(F)(F)F)cc2)O[C@H](CO)[C@@H](O[C@@H]2O[C@H](CO)[C@H](O)[C@H](O)[C@H]2O[C@@H]2O[C@@H](C)[C@@H](O)[C@@H](O)[C@@H]2O)[C@@H]1O[C@@H]1O[C@@H](C)[C@@H](O)[C@@H](O)[C@@H]1O. The number of aliphatic hydroxyl groups excluding tert-OH is 10. The molecule has 1 aromatic rings. The third kappa shape index (κ3) is 11.5. The molecule has 4 saturated heterocycles. The molecule has 61 heavy (non-hydrogen) atoms. The molecule has 0 spiro atoms. The highest BCUT2D eigenvalue weighted by Gasteiger charge is 2.56. The highest BCUT2D eigenvalue weighted by atomic mass is 19.4.